The fourth-order valence-corrected chi connectivity index (χ4v) is 3.91. The largest absolute Gasteiger partial charge is 0.453 e. The van der Waals surface area contributed by atoms with E-state index in [0.29, 0.717) is 0 Å². The van der Waals surface area contributed by atoms with Gasteiger partial charge in [-0.15, -0.1) is 0 Å². The van der Waals surface area contributed by atoms with Gasteiger partial charge in [0.05, 0.1) is 11.4 Å². The molecule has 0 unspecified atom stereocenters. The van der Waals surface area contributed by atoms with Gasteiger partial charge in [0.2, 0.25) is 0 Å². The highest BCUT2D eigenvalue weighted by atomic mass is 79.9. The summed E-state index contributed by atoms with van der Waals surface area (Å²) in [6, 6.07) is 24.4. The summed E-state index contributed by atoms with van der Waals surface area (Å²) in [5, 5.41) is 0. The third-order valence-electron chi connectivity index (χ3n) is 4.20. The molecule has 0 fully saturated rings. The normalized spacial score (nSPS) is 12.3. The number of rotatable bonds is 2. The highest BCUT2D eigenvalue weighted by Gasteiger charge is 2.25. The Morgan fingerprint density at radius 1 is 0.846 bits per heavy atom. The number of ether oxygens (including phenoxy) is 1. The van der Waals surface area contributed by atoms with Gasteiger partial charge in [-0.05, 0) is 63.9 Å². The molecule has 0 atom stereocenters. The van der Waals surface area contributed by atoms with Crippen LogP contribution in [0.4, 0.5) is 17.1 Å². The summed E-state index contributed by atoms with van der Waals surface area (Å²) < 4.78 is 11.3. The molecule has 4 nitrogen and oxygen atoms in total. The summed E-state index contributed by atoms with van der Waals surface area (Å²) in [5.74, 6) is 2.40. The summed E-state index contributed by atoms with van der Waals surface area (Å²) in [4.78, 5) is 6.64. The van der Waals surface area contributed by atoms with Crippen molar-refractivity contribution in [1.29, 1.82) is 0 Å². The first-order valence-corrected chi connectivity index (χ1v) is 9.62. The predicted molar refractivity (Wildman–Crippen MR) is 108 cm³/mol. The lowest BCUT2D eigenvalue weighted by atomic mass is 10.1. The molecule has 6 heteroatoms. The van der Waals surface area contributed by atoms with Gasteiger partial charge in [0.25, 0.3) is 0 Å². The second-order valence-corrected chi connectivity index (χ2v) is 7.82. The monoisotopic (exact) mass is 421 g/mol. The second-order valence-electron chi connectivity index (χ2n) is 5.79. The van der Waals surface area contributed by atoms with Crippen LogP contribution in [-0.4, -0.2) is 9.36 Å². The van der Waals surface area contributed by atoms with Crippen LogP contribution in [0.1, 0.15) is 0 Å². The summed E-state index contributed by atoms with van der Waals surface area (Å²) in [7, 11) is 0. The van der Waals surface area contributed by atoms with Gasteiger partial charge in [0.1, 0.15) is 0 Å². The van der Waals surface area contributed by atoms with Gasteiger partial charge in [-0.3, -0.25) is 0 Å². The minimum absolute atomic E-state index is 0.721. The Bertz CT molecular complexity index is 1070. The summed E-state index contributed by atoms with van der Waals surface area (Å²) in [5.41, 5.74) is 4.04. The van der Waals surface area contributed by atoms with Crippen molar-refractivity contribution < 1.29 is 4.74 Å². The molecule has 2 heterocycles. The Morgan fingerprint density at radius 2 is 1.54 bits per heavy atom. The van der Waals surface area contributed by atoms with E-state index >= 15 is 0 Å². The van der Waals surface area contributed by atoms with E-state index in [1.165, 1.54) is 11.5 Å². The summed E-state index contributed by atoms with van der Waals surface area (Å²) >= 11 is 4.73. The van der Waals surface area contributed by atoms with Gasteiger partial charge in [-0.1, -0.05) is 36.4 Å². The molecule has 1 aliphatic heterocycles. The zero-order valence-electron chi connectivity index (χ0n) is 13.5. The molecule has 0 radical (unpaired) electrons. The number of hydrogen-bond acceptors (Lipinski definition) is 5. The topological polar surface area (TPSA) is 38.2 Å². The van der Waals surface area contributed by atoms with Crippen LogP contribution >= 0.6 is 27.5 Å². The lowest BCUT2D eigenvalue weighted by Gasteiger charge is -2.32. The molecule has 1 aliphatic rings. The van der Waals surface area contributed by atoms with E-state index < -0.39 is 0 Å². The maximum atomic E-state index is 6.08. The van der Waals surface area contributed by atoms with Gasteiger partial charge >= 0.3 is 0 Å². The molecule has 0 saturated carbocycles. The van der Waals surface area contributed by atoms with Crippen molar-refractivity contribution in [2.45, 2.75) is 0 Å². The molecule has 4 aromatic rings. The zero-order chi connectivity index (χ0) is 17.5. The Balaban J connectivity index is 1.69. The summed E-state index contributed by atoms with van der Waals surface area (Å²) in [6.07, 6.45) is 0. The van der Waals surface area contributed by atoms with Gasteiger partial charge in [-0.2, -0.15) is 4.37 Å². The van der Waals surface area contributed by atoms with Crippen LogP contribution in [0.15, 0.2) is 76.7 Å². The first-order chi connectivity index (χ1) is 12.8. The van der Waals surface area contributed by atoms with Crippen molar-refractivity contribution in [3.05, 3.63) is 76.7 Å². The average Bonchev–Trinajstić information content (AvgIpc) is 3.12. The van der Waals surface area contributed by atoms with Crippen LogP contribution in [0, 0.1) is 0 Å². The Labute approximate surface area is 163 Å². The Kier molecular flexibility index (Phi) is 3.72. The van der Waals surface area contributed by atoms with Gasteiger partial charge in [-0.25, -0.2) is 4.98 Å². The maximum Gasteiger partial charge on any atom is 0.179 e. The van der Waals surface area contributed by atoms with Crippen LogP contribution in [0.5, 0.6) is 11.5 Å². The quantitative estimate of drug-likeness (QED) is 0.324. The number of aromatic nitrogens is 2. The minimum Gasteiger partial charge on any atom is -0.453 e. The van der Waals surface area contributed by atoms with Crippen LogP contribution in [0.2, 0.25) is 0 Å². The van der Waals surface area contributed by atoms with E-state index in [2.05, 4.69) is 54.5 Å². The molecule has 5 rings (SSSR count). The number of para-hydroxylation sites is 4. The summed E-state index contributed by atoms with van der Waals surface area (Å²) in [6.45, 7) is 0. The van der Waals surface area contributed by atoms with Crippen LogP contribution in [0.25, 0.3) is 11.4 Å². The number of benzene rings is 3. The standard InChI is InChI=1S/C20H12BrN3OS/c21-20-22-19(23-26-20)13-6-5-7-14(12-13)24-15-8-1-3-10-17(15)25-18-11-4-2-9-16(18)24/h1-12H. The SMILES string of the molecule is Brc1nc(-c2cccc(N3c4ccccc4Oc4ccccc43)c2)ns1. The minimum atomic E-state index is 0.721. The fourth-order valence-electron chi connectivity index (χ4n) is 3.09. The van der Waals surface area contributed by atoms with Gasteiger partial charge < -0.3 is 9.64 Å². The Hall–Kier alpha value is -2.70. The number of halogens is 1. The highest BCUT2D eigenvalue weighted by molar-refractivity contribution is 9.11. The molecule has 26 heavy (non-hydrogen) atoms. The van der Waals surface area contributed by atoms with Crippen LogP contribution in [0.3, 0.4) is 0 Å². The zero-order valence-corrected chi connectivity index (χ0v) is 15.9. The number of anilines is 3. The molecule has 1 aromatic heterocycles. The first-order valence-electron chi connectivity index (χ1n) is 8.05. The second kappa shape index (κ2) is 6.23. The molecular formula is C20H12BrN3OS. The number of fused-ring (bicyclic) bond motifs is 2. The lowest BCUT2D eigenvalue weighted by molar-refractivity contribution is 0.477. The van der Waals surface area contributed by atoms with E-state index in [4.69, 9.17) is 4.74 Å². The van der Waals surface area contributed by atoms with Crippen LogP contribution < -0.4 is 9.64 Å². The lowest BCUT2D eigenvalue weighted by Crippen LogP contribution is -2.15. The molecule has 0 saturated heterocycles. The third kappa shape index (κ3) is 2.58. The van der Waals surface area contributed by atoms with E-state index in [1.807, 2.05) is 48.5 Å². The van der Waals surface area contributed by atoms with E-state index in [-0.39, 0.29) is 0 Å². The smallest absolute Gasteiger partial charge is 0.179 e. The first kappa shape index (κ1) is 15.5. The van der Waals surface area contributed by atoms with Crippen LogP contribution in [-0.2, 0) is 0 Å². The molecular weight excluding hydrogens is 410 g/mol. The van der Waals surface area contributed by atoms with Gasteiger partial charge in [0, 0.05) is 11.3 Å². The van der Waals surface area contributed by atoms with Crippen molar-refractivity contribution in [2.24, 2.45) is 0 Å². The van der Waals surface area contributed by atoms with Crippen molar-refractivity contribution in [1.82, 2.24) is 9.36 Å². The third-order valence-corrected chi connectivity index (χ3v) is 5.31. The van der Waals surface area contributed by atoms with Crippen molar-refractivity contribution in [2.75, 3.05) is 4.90 Å². The van der Waals surface area contributed by atoms with E-state index in [0.717, 1.165) is 43.9 Å². The number of hydrogen-bond donors (Lipinski definition) is 0. The molecule has 0 amide bonds. The Morgan fingerprint density at radius 3 is 2.19 bits per heavy atom. The average molecular weight is 422 g/mol. The molecule has 0 aliphatic carbocycles. The molecule has 0 spiro atoms. The molecule has 0 N–H and O–H groups in total. The van der Waals surface area contributed by atoms with E-state index in [1.54, 1.807) is 0 Å². The molecule has 0 bridgehead atoms. The molecule has 126 valence electrons. The fraction of sp³-hybridized carbons (Fsp3) is 0. The highest BCUT2D eigenvalue weighted by Crippen LogP contribution is 2.50. The van der Waals surface area contributed by atoms with Crippen molar-refractivity contribution in [3.63, 3.8) is 0 Å². The predicted octanol–water partition coefficient (Wildman–Crippen LogP) is 6.54. The maximum absolute atomic E-state index is 6.08. The van der Waals surface area contributed by atoms with Gasteiger partial charge in [0.15, 0.2) is 21.2 Å². The van der Waals surface area contributed by atoms with Crippen molar-refractivity contribution in [3.8, 4) is 22.9 Å². The number of nitrogens with zero attached hydrogens (tertiary/aromatic N) is 3. The molecule has 3 aromatic carbocycles. The van der Waals surface area contributed by atoms with Crippen molar-refractivity contribution >= 4 is 44.5 Å². The van der Waals surface area contributed by atoms with E-state index in [9.17, 15) is 0 Å².